The van der Waals surface area contributed by atoms with Gasteiger partial charge >= 0.3 is 0 Å². The summed E-state index contributed by atoms with van der Waals surface area (Å²) < 4.78 is 34.4. The fourth-order valence-electron chi connectivity index (χ4n) is 4.06. The van der Waals surface area contributed by atoms with Crippen LogP contribution in [0.1, 0.15) is 44.2 Å². The van der Waals surface area contributed by atoms with E-state index in [1.807, 2.05) is 45.9 Å². The summed E-state index contributed by atoms with van der Waals surface area (Å²) in [6.45, 7) is 8.28. The van der Waals surface area contributed by atoms with Gasteiger partial charge in [0.25, 0.3) is 10.0 Å². The van der Waals surface area contributed by atoms with E-state index < -0.39 is 22.2 Å². The summed E-state index contributed by atoms with van der Waals surface area (Å²) in [5, 5.41) is 19.7. The van der Waals surface area contributed by atoms with Gasteiger partial charge in [0.1, 0.15) is 11.9 Å². The highest BCUT2D eigenvalue weighted by Gasteiger charge is 2.29. The van der Waals surface area contributed by atoms with Gasteiger partial charge in [0.05, 0.1) is 22.8 Å². The topological polar surface area (TPSA) is 87.1 Å². The fourth-order valence-corrected chi connectivity index (χ4v) is 5.75. The maximum atomic E-state index is 13.5. The van der Waals surface area contributed by atoms with Crippen molar-refractivity contribution in [2.45, 2.75) is 70.2 Å². The Kier molecular flexibility index (Phi) is 7.29. The van der Waals surface area contributed by atoms with Crippen molar-refractivity contribution < 1.29 is 23.4 Å². The van der Waals surface area contributed by atoms with Crippen molar-refractivity contribution in [2.24, 2.45) is 5.92 Å². The summed E-state index contributed by atoms with van der Waals surface area (Å²) in [4.78, 5) is 0.198. The van der Waals surface area contributed by atoms with Crippen LogP contribution < -0.4 is 9.04 Å². The Bertz CT molecular complexity index is 978. The van der Waals surface area contributed by atoms with Crippen LogP contribution in [0.15, 0.2) is 47.4 Å². The minimum Gasteiger partial charge on any atom is -0.490 e. The van der Waals surface area contributed by atoms with Crippen molar-refractivity contribution in [1.82, 2.24) is 0 Å². The Balaban J connectivity index is 1.84. The normalized spacial score (nSPS) is 21.8. The van der Waals surface area contributed by atoms with Gasteiger partial charge in [-0.15, -0.1) is 0 Å². The molecule has 170 valence electrons. The Morgan fingerprint density at radius 1 is 1.00 bits per heavy atom. The molecule has 2 aromatic rings. The molecular weight excluding hydrogens is 414 g/mol. The number of benzene rings is 2. The van der Waals surface area contributed by atoms with E-state index >= 15 is 0 Å². The molecule has 7 heteroatoms. The molecule has 2 aromatic carbocycles. The van der Waals surface area contributed by atoms with Crippen molar-refractivity contribution in [2.75, 3.05) is 10.8 Å². The van der Waals surface area contributed by atoms with Crippen molar-refractivity contribution >= 4 is 15.7 Å². The zero-order valence-electron chi connectivity index (χ0n) is 18.7. The molecular formula is C24H33NO5S. The highest BCUT2D eigenvalue weighted by atomic mass is 32.2. The molecule has 6 nitrogen and oxygen atoms in total. The maximum absolute atomic E-state index is 13.5. The van der Waals surface area contributed by atoms with E-state index in [2.05, 4.69) is 0 Å². The van der Waals surface area contributed by atoms with Gasteiger partial charge in [-0.1, -0.05) is 31.5 Å². The molecule has 3 rings (SSSR count). The average molecular weight is 448 g/mol. The second-order valence-corrected chi connectivity index (χ2v) is 10.8. The average Bonchev–Trinajstić information content (AvgIpc) is 2.66. The molecule has 0 radical (unpaired) electrons. The number of aliphatic hydroxyl groups is 2. The number of hydrogen-bond acceptors (Lipinski definition) is 5. The minimum atomic E-state index is -3.75. The number of hydrogen-bond donors (Lipinski definition) is 2. The quantitative estimate of drug-likeness (QED) is 0.674. The van der Waals surface area contributed by atoms with Crippen LogP contribution in [0.4, 0.5) is 5.69 Å². The molecule has 1 unspecified atom stereocenters. The molecule has 31 heavy (non-hydrogen) atoms. The predicted molar refractivity (Wildman–Crippen MR) is 122 cm³/mol. The Labute approximate surface area is 185 Å². The smallest absolute Gasteiger partial charge is 0.264 e. The monoisotopic (exact) mass is 447 g/mol. The highest BCUT2D eigenvalue weighted by molar-refractivity contribution is 7.92. The maximum Gasteiger partial charge on any atom is 0.264 e. The summed E-state index contributed by atoms with van der Waals surface area (Å²) in [7, 11) is -3.75. The largest absolute Gasteiger partial charge is 0.490 e. The first-order valence-corrected chi connectivity index (χ1v) is 12.2. The summed E-state index contributed by atoms with van der Waals surface area (Å²) in [5.74, 6) is 0.675. The first-order chi connectivity index (χ1) is 14.6. The number of aliphatic hydroxyl groups excluding tert-OH is 2. The second-order valence-electron chi connectivity index (χ2n) is 8.95. The van der Waals surface area contributed by atoms with E-state index in [0.717, 1.165) is 11.1 Å². The van der Waals surface area contributed by atoms with Crippen molar-refractivity contribution in [3.05, 3.63) is 53.6 Å². The van der Waals surface area contributed by atoms with Gasteiger partial charge in [0.15, 0.2) is 0 Å². The van der Waals surface area contributed by atoms with Gasteiger partial charge < -0.3 is 14.9 Å². The highest BCUT2D eigenvalue weighted by Crippen LogP contribution is 2.30. The number of aryl methyl sites for hydroxylation is 2. The van der Waals surface area contributed by atoms with Crippen LogP contribution in [0.5, 0.6) is 5.75 Å². The molecule has 1 aliphatic rings. The summed E-state index contributed by atoms with van der Waals surface area (Å²) in [6.07, 6.45) is -0.209. The number of anilines is 1. The Morgan fingerprint density at radius 2 is 1.61 bits per heavy atom. The lowest BCUT2D eigenvalue weighted by molar-refractivity contribution is -0.0155. The van der Waals surface area contributed by atoms with Gasteiger partial charge in [0.2, 0.25) is 0 Å². The van der Waals surface area contributed by atoms with Crippen LogP contribution in [0.3, 0.4) is 0 Å². The minimum absolute atomic E-state index is 0.155. The van der Waals surface area contributed by atoms with E-state index in [1.54, 1.807) is 24.3 Å². The van der Waals surface area contributed by atoms with E-state index in [1.165, 1.54) is 4.31 Å². The zero-order valence-corrected chi connectivity index (χ0v) is 19.5. The van der Waals surface area contributed by atoms with Crippen LogP contribution in [0.2, 0.25) is 0 Å². The molecule has 3 atom stereocenters. The third-order valence-corrected chi connectivity index (χ3v) is 7.27. The van der Waals surface area contributed by atoms with Crippen LogP contribution in [-0.4, -0.2) is 43.5 Å². The molecule has 0 spiro atoms. The van der Waals surface area contributed by atoms with Crippen molar-refractivity contribution in [3.8, 4) is 5.75 Å². The summed E-state index contributed by atoms with van der Waals surface area (Å²) in [6, 6.07) is 12.2. The Morgan fingerprint density at radius 3 is 2.16 bits per heavy atom. The fraction of sp³-hybridized carbons (Fsp3) is 0.500. The molecule has 0 aliphatic heterocycles. The van der Waals surface area contributed by atoms with Crippen molar-refractivity contribution in [3.63, 3.8) is 0 Å². The number of rotatable bonds is 7. The molecule has 0 bridgehead atoms. The van der Waals surface area contributed by atoms with E-state index in [0.29, 0.717) is 37.2 Å². The molecule has 0 aromatic heterocycles. The molecule has 0 saturated heterocycles. The number of sulfonamides is 1. The molecule has 0 heterocycles. The lowest BCUT2D eigenvalue weighted by Gasteiger charge is -2.30. The van der Waals surface area contributed by atoms with Gasteiger partial charge in [-0.3, -0.25) is 4.31 Å². The summed E-state index contributed by atoms with van der Waals surface area (Å²) >= 11 is 0. The van der Waals surface area contributed by atoms with Crippen LogP contribution in [0, 0.1) is 19.8 Å². The first-order valence-electron chi connectivity index (χ1n) is 10.8. The number of nitrogens with zero attached hydrogens (tertiary/aromatic N) is 1. The van der Waals surface area contributed by atoms with E-state index in [-0.39, 0.29) is 16.9 Å². The van der Waals surface area contributed by atoms with Gasteiger partial charge in [-0.2, -0.15) is 0 Å². The Hall–Kier alpha value is -2.09. The predicted octanol–water partition coefficient (Wildman–Crippen LogP) is 3.81. The van der Waals surface area contributed by atoms with Crippen LogP contribution >= 0.6 is 0 Å². The molecule has 1 saturated carbocycles. The standard InChI is InChI=1S/C24H33NO5S/c1-16(2)15-25(24-10-5-17(3)11-18(24)4)31(28,29)23-8-6-21(7-9-23)30-22-13-19(26)12-20(27)14-22/h5-11,16,19-20,22,26-27H,12-15H2,1-4H3/t19-,20+,22?. The third kappa shape index (κ3) is 5.79. The third-order valence-electron chi connectivity index (χ3n) is 5.48. The summed E-state index contributed by atoms with van der Waals surface area (Å²) in [5.41, 5.74) is 2.69. The SMILES string of the molecule is Cc1ccc(N(CC(C)C)S(=O)(=O)c2ccc(OC3C[C@@H](O)C[C@@H](O)C3)cc2)c(C)c1. The molecule has 2 N–H and O–H groups in total. The van der Waals surface area contributed by atoms with Gasteiger partial charge in [0, 0.05) is 19.4 Å². The zero-order chi connectivity index (χ0) is 22.8. The van der Waals surface area contributed by atoms with E-state index in [9.17, 15) is 18.6 Å². The molecule has 1 fully saturated rings. The van der Waals surface area contributed by atoms with Crippen LogP contribution in [0.25, 0.3) is 0 Å². The van der Waals surface area contributed by atoms with Crippen molar-refractivity contribution in [1.29, 1.82) is 0 Å². The second kappa shape index (κ2) is 9.59. The molecule has 1 aliphatic carbocycles. The van der Waals surface area contributed by atoms with Gasteiger partial charge in [-0.05, 0) is 62.1 Å². The van der Waals surface area contributed by atoms with Gasteiger partial charge in [-0.25, -0.2) is 8.42 Å². The van der Waals surface area contributed by atoms with E-state index in [4.69, 9.17) is 4.74 Å². The number of ether oxygens (including phenoxy) is 1. The molecule has 0 amide bonds. The van der Waals surface area contributed by atoms with Crippen LogP contribution in [-0.2, 0) is 10.0 Å². The first kappa shape index (κ1) is 23.6. The lowest BCUT2D eigenvalue weighted by Crippen LogP contribution is -2.36. The lowest BCUT2D eigenvalue weighted by atomic mass is 9.92.